The lowest BCUT2D eigenvalue weighted by atomic mass is 10.1. The van der Waals surface area contributed by atoms with Crippen molar-refractivity contribution in [1.29, 1.82) is 0 Å². The zero-order valence-electron chi connectivity index (χ0n) is 11.5. The molecule has 4 nitrogen and oxygen atoms in total. The minimum absolute atomic E-state index is 0.684. The van der Waals surface area contributed by atoms with E-state index in [9.17, 15) is 4.79 Å². The number of aldehydes is 1. The first-order valence-corrected chi connectivity index (χ1v) is 8.01. The molecule has 5 heteroatoms. The monoisotopic (exact) mass is 279 g/mol. The standard InChI is InChI=1S/C14H21N3OS/c1-11-13(10-18)19-14(15-11)17-8-5-12(9-17)16-6-3-2-4-7-16/h10,12H,2-9H2,1H3. The van der Waals surface area contributed by atoms with E-state index in [-0.39, 0.29) is 0 Å². The van der Waals surface area contributed by atoms with Crippen LogP contribution in [-0.2, 0) is 0 Å². The Morgan fingerprint density at radius 1 is 1.26 bits per heavy atom. The Labute approximate surface area is 118 Å². The quantitative estimate of drug-likeness (QED) is 0.796. The van der Waals surface area contributed by atoms with Crippen LogP contribution in [-0.4, -0.2) is 48.4 Å². The third-order valence-electron chi connectivity index (χ3n) is 4.27. The number of aromatic nitrogens is 1. The maximum atomic E-state index is 10.9. The number of piperidine rings is 1. The number of anilines is 1. The fourth-order valence-corrected chi connectivity index (χ4v) is 4.05. The predicted molar refractivity (Wildman–Crippen MR) is 78.3 cm³/mol. The molecule has 0 bridgehead atoms. The Bertz CT molecular complexity index is 454. The van der Waals surface area contributed by atoms with Crippen LogP contribution in [0.25, 0.3) is 0 Å². The van der Waals surface area contributed by atoms with Gasteiger partial charge in [-0.05, 0) is 39.3 Å². The molecule has 0 saturated carbocycles. The fourth-order valence-electron chi connectivity index (χ4n) is 3.14. The molecular formula is C14H21N3OS. The van der Waals surface area contributed by atoms with E-state index in [0.717, 1.165) is 35.1 Å². The van der Waals surface area contributed by atoms with E-state index in [2.05, 4.69) is 14.8 Å². The molecule has 1 unspecified atom stereocenters. The molecule has 2 aliphatic heterocycles. The third-order valence-corrected chi connectivity index (χ3v) is 5.41. The van der Waals surface area contributed by atoms with E-state index < -0.39 is 0 Å². The highest BCUT2D eigenvalue weighted by atomic mass is 32.1. The van der Waals surface area contributed by atoms with Crippen molar-refractivity contribution >= 4 is 22.8 Å². The lowest BCUT2D eigenvalue weighted by Crippen LogP contribution is -2.40. The van der Waals surface area contributed by atoms with Crippen molar-refractivity contribution in [2.45, 2.75) is 38.6 Å². The average Bonchev–Trinajstić information content (AvgIpc) is 3.06. The van der Waals surface area contributed by atoms with E-state index in [1.54, 1.807) is 0 Å². The normalized spacial score (nSPS) is 24.9. The highest BCUT2D eigenvalue weighted by Gasteiger charge is 2.30. The summed E-state index contributed by atoms with van der Waals surface area (Å²) in [4.78, 5) is 21.2. The Morgan fingerprint density at radius 2 is 2.05 bits per heavy atom. The molecule has 0 aliphatic carbocycles. The smallest absolute Gasteiger partial charge is 0.186 e. The van der Waals surface area contributed by atoms with Gasteiger partial charge < -0.3 is 4.90 Å². The van der Waals surface area contributed by atoms with Crippen LogP contribution in [0.5, 0.6) is 0 Å². The molecular weight excluding hydrogens is 258 g/mol. The number of rotatable bonds is 3. The van der Waals surface area contributed by atoms with Crippen molar-refractivity contribution in [1.82, 2.24) is 9.88 Å². The van der Waals surface area contributed by atoms with Crippen LogP contribution in [0.15, 0.2) is 0 Å². The number of nitrogens with zero attached hydrogens (tertiary/aromatic N) is 3. The molecule has 3 rings (SSSR count). The lowest BCUT2D eigenvalue weighted by Gasteiger charge is -2.32. The first-order valence-electron chi connectivity index (χ1n) is 7.19. The first kappa shape index (κ1) is 13.1. The molecule has 2 aliphatic rings. The van der Waals surface area contributed by atoms with Crippen LogP contribution in [0.2, 0.25) is 0 Å². The number of hydrogen-bond acceptors (Lipinski definition) is 5. The zero-order valence-corrected chi connectivity index (χ0v) is 12.3. The Kier molecular flexibility index (Phi) is 3.84. The maximum Gasteiger partial charge on any atom is 0.186 e. The minimum Gasteiger partial charge on any atom is -0.346 e. The van der Waals surface area contributed by atoms with Gasteiger partial charge in [0.2, 0.25) is 0 Å². The molecule has 1 aromatic heterocycles. The molecule has 19 heavy (non-hydrogen) atoms. The zero-order chi connectivity index (χ0) is 13.2. The SMILES string of the molecule is Cc1nc(N2CCC(N3CCCCC3)C2)sc1C=O. The molecule has 1 aromatic rings. The van der Waals surface area contributed by atoms with E-state index in [1.165, 1.54) is 50.1 Å². The van der Waals surface area contributed by atoms with Crippen LogP contribution in [0.1, 0.15) is 41.0 Å². The summed E-state index contributed by atoms with van der Waals surface area (Å²) in [6.07, 6.45) is 6.25. The summed E-state index contributed by atoms with van der Waals surface area (Å²) in [6.45, 7) is 6.59. The van der Waals surface area contributed by atoms with Crippen molar-refractivity contribution in [3.05, 3.63) is 10.6 Å². The third kappa shape index (κ3) is 2.67. The van der Waals surface area contributed by atoms with Gasteiger partial charge >= 0.3 is 0 Å². The van der Waals surface area contributed by atoms with Crippen LogP contribution in [0.4, 0.5) is 5.13 Å². The molecule has 1 atom stereocenters. The molecule has 2 saturated heterocycles. The number of carbonyl (C=O) groups excluding carboxylic acids is 1. The number of likely N-dealkylation sites (tertiary alicyclic amines) is 1. The van der Waals surface area contributed by atoms with Gasteiger partial charge in [-0.25, -0.2) is 4.98 Å². The molecule has 0 N–H and O–H groups in total. The summed E-state index contributed by atoms with van der Waals surface area (Å²) < 4.78 is 0. The van der Waals surface area contributed by atoms with E-state index in [4.69, 9.17) is 0 Å². The van der Waals surface area contributed by atoms with Crippen LogP contribution >= 0.6 is 11.3 Å². The van der Waals surface area contributed by atoms with Crippen molar-refractivity contribution in [3.63, 3.8) is 0 Å². The fraction of sp³-hybridized carbons (Fsp3) is 0.714. The minimum atomic E-state index is 0.684. The highest BCUT2D eigenvalue weighted by molar-refractivity contribution is 7.17. The van der Waals surface area contributed by atoms with Gasteiger partial charge in [0, 0.05) is 19.1 Å². The summed E-state index contributed by atoms with van der Waals surface area (Å²) in [5.74, 6) is 0. The Balaban J connectivity index is 1.65. The topological polar surface area (TPSA) is 36.4 Å². The predicted octanol–water partition coefficient (Wildman–Crippen LogP) is 2.33. The second-order valence-electron chi connectivity index (χ2n) is 5.55. The van der Waals surface area contributed by atoms with Crippen molar-refractivity contribution in [3.8, 4) is 0 Å². The van der Waals surface area contributed by atoms with Crippen LogP contribution < -0.4 is 4.90 Å². The van der Waals surface area contributed by atoms with Crippen LogP contribution in [0.3, 0.4) is 0 Å². The second kappa shape index (κ2) is 5.59. The molecule has 0 spiro atoms. The highest BCUT2D eigenvalue weighted by Crippen LogP contribution is 2.29. The summed E-state index contributed by atoms with van der Waals surface area (Å²) in [5, 5.41) is 1.03. The van der Waals surface area contributed by atoms with Gasteiger partial charge in [0.15, 0.2) is 11.4 Å². The van der Waals surface area contributed by atoms with E-state index in [0.29, 0.717) is 6.04 Å². The summed E-state index contributed by atoms with van der Waals surface area (Å²) in [7, 11) is 0. The van der Waals surface area contributed by atoms with Gasteiger partial charge in [-0.2, -0.15) is 0 Å². The molecule has 2 fully saturated rings. The van der Waals surface area contributed by atoms with Crippen molar-refractivity contribution in [2.75, 3.05) is 31.1 Å². The average molecular weight is 279 g/mol. The van der Waals surface area contributed by atoms with Gasteiger partial charge in [-0.3, -0.25) is 9.69 Å². The molecule has 104 valence electrons. The van der Waals surface area contributed by atoms with Gasteiger partial charge in [0.1, 0.15) is 0 Å². The van der Waals surface area contributed by atoms with Gasteiger partial charge in [-0.15, -0.1) is 0 Å². The van der Waals surface area contributed by atoms with Crippen molar-refractivity contribution in [2.24, 2.45) is 0 Å². The summed E-state index contributed by atoms with van der Waals surface area (Å²) in [5.41, 5.74) is 0.872. The first-order chi connectivity index (χ1) is 9.28. The van der Waals surface area contributed by atoms with E-state index in [1.807, 2.05) is 6.92 Å². The molecule has 3 heterocycles. The van der Waals surface area contributed by atoms with Gasteiger partial charge in [0.05, 0.1) is 10.6 Å². The molecule has 0 radical (unpaired) electrons. The molecule has 0 amide bonds. The van der Waals surface area contributed by atoms with Gasteiger partial charge in [-0.1, -0.05) is 17.8 Å². The van der Waals surface area contributed by atoms with Crippen molar-refractivity contribution < 1.29 is 4.79 Å². The lowest BCUT2D eigenvalue weighted by molar-refractivity contribution is 0.112. The Morgan fingerprint density at radius 3 is 2.74 bits per heavy atom. The largest absolute Gasteiger partial charge is 0.346 e. The summed E-state index contributed by atoms with van der Waals surface area (Å²) in [6, 6.07) is 0.684. The van der Waals surface area contributed by atoms with Gasteiger partial charge in [0.25, 0.3) is 0 Å². The second-order valence-corrected chi connectivity index (χ2v) is 6.56. The van der Waals surface area contributed by atoms with Crippen LogP contribution in [0, 0.1) is 6.92 Å². The number of thiazole rings is 1. The maximum absolute atomic E-state index is 10.9. The number of aryl methyl sites for hydroxylation is 1. The molecule has 0 aromatic carbocycles. The summed E-state index contributed by atoms with van der Waals surface area (Å²) >= 11 is 1.53. The number of hydrogen-bond donors (Lipinski definition) is 0. The number of carbonyl (C=O) groups is 1. The Hall–Kier alpha value is -0.940. The van der Waals surface area contributed by atoms with E-state index >= 15 is 0 Å².